The van der Waals surface area contributed by atoms with Gasteiger partial charge < -0.3 is 14.8 Å². The minimum atomic E-state index is -0.507. The Bertz CT molecular complexity index is 759. The number of hydrogen-bond donors (Lipinski definition) is 1. The lowest BCUT2D eigenvalue weighted by molar-refractivity contribution is -0.118. The van der Waals surface area contributed by atoms with Gasteiger partial charge in [0.15, 0.2) is 11.5 Å². The number of nitrogens with zero attached hydrogens (tertiary/aromatic N) is 1. The first-order chi connectivity index (χ1) is 10.7. The summed E-state index contributed by atoms with van der Waals surface area (Å²) in [5.41, 5.74) is 0.816. The van der Waals surface area contributed by atoms with Crippen LogP contribution in [-0.2, 0) is 10.2 Å². The molecule has 0 spiro atoms. The molecule has 1 aromatic heterocycles. The summed E-state index contributed by atoms with van der Waals surface area (Å²) in [5.74, 6) is 1.82. The van der Waals surface area contributed by atoms with Gasteiger partial charge in [-0.05, 0) is 42.2 Å². The maximum absolute atomic E-state index is 12.6. The van der Waals surface area contributed by atoms with E-state index in [1.165, 1.54) is 0 Å². The molecule has 1 aromatic carbocycles. The van der Waals surface area contributed by atoms with Crippen LogP contribution in [0.5, 0.6) is 11.5 Å². The zero-order valence-electron chi connectivity index (χ0n) is 11.8. The van der Waals surface area contributed by atoms with E-state index in [2.05, 4.69) is 10.3 Å². The Morgan fingerprint density at radius 2 is 2.00 bits per heavy atom. The fourth-order valence-electron chi connectivity index (χ4n) is 2.72. The Morgan fingerprint density at radius 3 is 2.77 bits per heavy atom. The van der Waals surface area contributed by atoms with E-state index in [-0.39, 0.29) is 12.7 Å². The number of pyridine rings is 1. The Morgan fingerprint density at radius 1 is 1.18 bits per heavy atom. The molecular weight excluding hydrogens is 279 g/mol. The minimum Gasteiger partial charge on any atom is -0.454 e. The Labute approximate surface area is 129 Å². The molecule has 4 rings (SSSR count). The first-order valence-corrected chi connectivity index (χ1v) is 7.11. The largest absolute Gasteiger partial charge is 0.454 e. The topological polar surface area (TPSA) is 60.5 Å². The molecule has 2 radical (unpaired) electrons. The number of aromatic nitrogens is 1. The van der Waals surface area contributed by atoms with E-state index in [0.717, 1.165) is 24.2 Å². The van der Waals surface area contributed by atoms with Gasteiger partial charge in [0.2, 0.25) is 12.7 Å². The molecule has 108 valence electrons. The highest BCUT2D eigenvalue weighted by Crippen LogP contribution is 2.51. The lowest BCUT2D eigenvalue weighted by atomic mass is 9.94. The molecule has 0 atom stereocenters. The van der Waals surface area contributed by atoms with Crippen molar-refractivity contribution < 1.29 is 14.3 Å². The molecule has 5 nitrogen and oxygen atoms in total. The summed E-state index contributed by atoms with van der Waals surface area (Å²) in [6.07, 6.45) is 1.61. The molecule has 0 saturated heterocycles. The molecule has 1 fully saturated rings. The van der Waals surface area contributed by atoms with Crippen LogP contribution in [0.25, 0.3) is 0 Å². The number of nitrogens with one attached hydrogen (secondary N) is 1. The molecular formula is C16H13BN2O3. The van der Waals surface area contributed by atoms with Crippen LogP contribution in [0.3, 0.4) is 0 Å². The number of benzene rings is 1. The van der Waals surface area contributed by atoms with Crippen molar-refractivity contribution in [2.75, 3.05) is 12.1 Å². The van der Waals surface area contributed by atoms with Gasteiger partial charge in [0.25, 0.3) is 0 Å². The third-order valence-corrected chi connectivity index (χ3v) is 4.12. The number of rotatable bonds is 3. The standard InChI is InChI=1S/C16H13BN2O3/c17-13-2-1-3-14(18-13)19-15(20)16(6-7-16)10-4-5-11-12(8-10)22-9-21-11/h1-5,8H,6-7,9H2,(H,18,19,20). The highest BCUT2D eigenvalue weighted by atomic mass is 16.7. The third-order valence-electron chi connectivity index (χ3n) is 4.12. The molecule has 1 amide bonds. The highest BCUT2D eigenvalue weighted by Gasteiger charge is 2.51. The number of amides is 1. The van der Waals surface area contributed by atoms with Crippen molar-refractivity contribution in [1.29, 1.82) is 0 Å². The normalized spacial score (nSPS) is 17.1. The second kappa shape index (κ2) is 4.76. The summed E-state index contributed by atoms with van der Waals surface area (Å²) in [7, 11) is 5.64. The van der Waals surface area contributed by atoms with Gasteiger partial charge in [-0.15, -0.1) is 0 Å². The number of anilines is 1. The number of fused-ring (bicyclic) bond motifs is 1. The zero-order valence-corrected chi connectivity index (χ0v) is 11.8. The molecule has 2 aromatic rings. The van der Waals surface area contributed by atoms with Gasteiger partial charge >= 0.3 is 0 Å². The molecule has 1 saturated carbocycles. The van der Waals surface area contributed by atoms with Crippen LogP contribution in [-0.4, -0.2) is 25.5 Å². The number of ether oxygens (including phenoxy) is 2. The quantitative estimate of drug-likeness (QED) is 0.866. The summed E-state index contributed by atoms with van der Waals surface area (Å²) in [6, 6.07) is 10.8. The molecule has 6 heteroatoms. The van der Waals surface area contributed by atoms with Crippen molar-refractivity contribution in [1.82, 2.24) is 4.98 Å². The van der Waals surface area contributed by atoms with Crippen LogP contribution in [0.1, 0.15) is 18.4 Å². The van der Waals surface area contributed by atoms with E-state index in [9.17, 15) is 4.79 Å². The lowest BCUT2D eigenvalue weighted by Crippen LogP contribution is -2.29. The highest BCUT2D eigenvalue weighted by molar-refractivity contribution is 6.30. The fraction of sp³-hybridized carbons (Fsp3) is 0.250. The van der Waals surface area contributed by atoms with Crippen LogP contribution in [0.4, 0.5) is 5.82 Å². The summed E-state index contributed by atoms with van der Waals surface area (Å²) in [4.78, 5) is 16.8. The average molecular weight is 292 g/mol. The Hall–Kier alpha value is -2.50. The van der Waals surface area contributed by atoms with Crippen LogP contribution >= 0.6 is 0 Å². The molecule has 2 heterocycles. The van der Waals surface area contributed by atoms with Crippen molar-refractivity contribution in [3.05, 3.63) is 42.0 Å². The van der Waals surface area contributed by atoms with Crippen molar-refractivity contribution in [3.8, 4) is 11.5 Å². The van der Waals surface area contributed by atoms with E-state index < -0.39 is 5.41 Å². The molecule has 1 aliphatic heterocycles. The van der Waals surface area contributed by atoms with Gasteiger partial charge in [-0.1, -0.05) is 18.2 Å². The molecule has 0 unspecified atom stereocenters. The van der Waals surface area contributed by atoms with Gasteiger partial charge in [-0.2, -0.15) is 0 Å². The minimum absolute atomic E-state index is 0.0653. The van der Waals surface area contributed by atoms with Gasteiger partial charge in [-0.25, -0.2) is 4.98 Å². The predicted molar refractivity (Wildman–Crippen MR) is 81.7 cm³/mol. The summed E-state index contributed by atoms with van der Waals surface area (Å²) < 4.78 is 10.7. The molecule has 2 aliphatic rings. The van der Waals surface area contributed by atoms with Crippen molar-refractivity contribution >= 4 is 25.2 Å². The predicted octanol–water partition coefficient (Wildman–Crippen LogP) is 1.27. The van der Waals surface area contributed by atoms with Crippen LogP contribution in [0, 0.1) is 0 Å². The number of hydrogen-bond acceptors (Lipinski definition) is 4. The van der Waals surface area contributed by atoms with E-state index in [0.29, 0.717) is 17.2 Å². The molecule has 22 heavy (non-hydrogen) atoms. The van der Waals surface area contributed by atoms with Crippen molar-refractivity contribution in [2.45, 2.75) is 18.3 Å². The van der Waals surface area contributed by atoms with Crippen molar-refractivity contribution in [3.63, 3.8) is 0 Å². The number of carbonyl (C=O) groups is 1. The first-order valence-electron chi connectivity index (χ1n) is 7.11. The van der Waals surface area contributed by atoms with Crippen LogP contribution in [0.15, 0.2) is 36.4 Å². The van der Waals surface area contributed by atoms with Crippen LogP contribution < -0.4 is 20.4 Å². The average Bonchev–Trinajstić information content (AvgIpc) is 3.19. The van der Waals surface area contributed by atoms with E-state index in [1.807, 2.05) is 18.2 Å². The van der Waals surface area contributed by atoms with Gasteiger partial charge in [-0.3, -0.25) is 4.79 Å². The molecule has 0 bridgehead atoms. The SMILES string of the molecule is [B]c1cccc(NC(=O)C2(c3ccc4c(c3)OCO4)CC2)n1. The number of carbonyl (C=O) groups excluding carboxylic acids is 1. The van der Waals surface area contributed by atoms with E-state index in [4.69, 9.17) is 17.3 Å². The van der Waals surface area contributed by atoms with Gasteiger partial charge in [0.1, 0.15) is 13.7 Å². The van der Waals surface area contributed by atoms with Gasteiger partial charge in [0, 0.05) is 0 Å². The zero-order chi connectivity index (χ0) is 15.2. The molecule has 1 aliphatic carbocycles. The van der Waals surface area contributed by atoms with E-state index >= 15 is 0 Å². The van der Waals surface area contributed by atoms with Crippen LogP contribution in [0.2, 0.25) is 0 Å². The van der Waals surface area contributed by atoms with E-state index in [1.54, 1.807) is 18.2 Å². The maximum atomic E-state index is 12.6. The monoisotopic (exact) mass is 292 g/mol. The third kappa shape index (κ3) is 2.11. The second-order valence-corrected chi connectivity index (χ2v) is 5.55. The Kier molecular flexibility index (Phi) is 2.85. The smallest absolute Gasteiger partial charge is 0.236 e. The second-order valence-electron chi connectivity index (χ2n) is 5.55. The lowest BCUT2D eigenvalue weighted by Gasteiger charge is -2.16. The first kappa shape index (κ1) is 13.2. The Balaban J connectivity index is 1.60. The maximum Gasteiger partial charge on any atom is 0.236 e. The van der Waals surface area contributed by atoms with Crippen molar-refractivity contribution in [2.24, 2.45) is 0 Å². The summed E-state index contributed by atoms with van der Waals surface area (Å²) >= 11 is 0. The summed E-state index contributed by atoms with van der Waals surface area (Å²) in [6.45, 7) is 0.227. The molecule has 1 N–H and O–H groups in total. The summed E-state index contributed by atoms with van der Waals surface area (Å²) in [5, 5.41) is 2.85. The fourth-order valence-corrected chi connectivity index (χ4v) is 2.72. The van der Waals surface area contributed by atoms with Gasteiger partial charge in [0.05, 0.1) is 5.41 Å².